The second-order valence-electron chi connectivity index (χ2n) is 5.62. The predicted molar refractivity (Wildman–Crippen MR) is 84.6 cm³/mol. The maximum Gasteiger partial charge on any atom is 0.253 e. The molecule has 2 rings (SSSR count). The summed E-state index contributed by atoms with van der Waals surface area (Å²) in [5, 5.41) is 5.62. The van der Waals surface area contributed by atoms with Gasteiger partial charge in [0.1, 0.15) is 6.10 Å². The van der Waals surface area contributed by atoms with Gasteiger partial charge in [0.05, 0.1) is 0 Å². The second-order valence-corrected chi connectivity index (χ2v) is 5.62. The van der Waals surface area contributed by atoms with Gasteiger partial charge in [-0.25, -0.2) is 0 Å². The smallest absolute Gasteiger partial charge is 0.253 e. The number of hydrogen-bond acceptors (Lipinski definition) is 4. The van der Waals surface area contributed by atoms with Crippen molar-refractivity contribution < 1.29 is 14.3 Å². The van der Waals surface area contributed by atoms with Crippen molar-refractivity contribution in [2.45, 2.75) is 25.9 Å². The third kappa shape index (κ3) is 4.54. The van der Waals surface area contributed by atoms with E-state index in [2.05, 4.69) is 10.6 Å². The van der Waals surface area contributed by atoms with Crippen LogP contribution in [0.15, 0.2) is 24.3 Å². The standard InChI is InChI=1S/C16H23N3O3/c1-11(9-17)10-18-15(20)12-4-2-5-13(8-12)19-16(21)14-6-3-7-22-14/h2,4-5,8,11,14H,3,6-7,9-10,17H2,1H3,(H,18,20)(H,19,21). The zero-order valence-electron chi connectivity index (χ0n) is 12.8. The number of benzene rings is 1. The lowest BCUT2D eigenvalue weighted by Gasteiger charge is -2.12. The molecule has 1 aliphatic heterocycles. The summed E-state index contributed by atoms with van der Waals surface area (Å²) in [6.07, 6.45) is 1.26. The van der Waals surface area contributed by atoms with E-state index in [1.54, 1.807) is 24.3 Å². The number of nitrogens with one attached hydrogen (secondary N) is 2. The van der Waals surface area contributed by atoms with Crippen LogP contribution in [0.4, 0.5) is 5.69 Å². The molecule has 1 heterocycles. The molecular formula is C16H23N3O3. The Morgan fingerprint density at radius 1 is 1.45 bits per heavy atom. The predicted octanol–water partition coefficient (Wildman–Crippen LogP) is 1.13. The number of rotatable bonds is 6. The van der Waals surface area contributed by atoms with Crippen LogP contribution in [0.1, 0.15) is 30.1 Å². The molecule has 120 valence electrons. The number of ether oxygens (including phenoxy) is 1. The molecule has 1 fully saturated rings. The van der Waals surface area contributed by atoms with Gasteiger partial charge in [-0.15, -0.1) is 0 Å². The number of nitrogens with two attached hydrogens (primary N) is 1. The maximum atomic E-state index is 12.1. The maximum absolute atomic E-state index is 12.1. The summed E-state index contributed by atoms with van der Waals surface area (Å²) in [5.74, 6) is -0.105. The Labute approximate surface area is 130 Å². The summed E-state index contributed by atoms with van der Waals surface area (Å²) in [6.45, 7) is 3.65. The molecule has 1 aromatic carbocycles. The van der Waals surface area contributed by atoms with Crippen molar-refractivity contribution in [3.8, 4) is 0 Å². The molecule has 2 amide bonds. The molecule has 0 aliphatic carbocycles. The van der Waals surface area contributed by atoms with Crippen molar-refractivity contribution in [2.75, 3.05) is 25.0 Å². The summed E-state index contributed by atoms with van der Waals surface area (Å²) in [7, 11) is 0. The van der Waals surface area contributed by atoms with Crippen LogP contribution in [0.2, 0.25) is 0 Å². The van der Waals surface area contributed by atoms with Crippen molar-refractivity contribution in [3.63, 3.8) is 0 Å². The zero-order chi connectivity index (χ0) is 15.9. The van der Waals surface area contributed by atoms with Crippen molar-refractivity contribution >= 4 is 17.5 Å². The van der Waals surface area contributed by atoms with Gasteiger partial charge in [0.2, 0.25) is 0 Å². The summed E-state index contributed by atoms with van der Waals surface area (Å²) in [5.41, 5.74) is 6.63. The SMILES string of the molecule is CC(CN)CNC(=O)c1cccc(NC(=O)C2CCCO2)c1. The van der Waals surface area contributed by atoms with E-state index in [0.717, 1.165) is 12.8 Å². The number of carbonyl (C=O) groups excluding carboxylic acids is 2. The minimum atomic E-state index is -0.386. The van der Waals surface area contributed by atoms with Gasteiger partial charge in [-0.1, -0.05) is 13.0 Å². The highest BCUT2D eigenvalue weighted by atomic mass is 16.5. The van der Waals surface area contributed by atoms with Gasteiger partial charge in [-0.05, 0) is 43.5 Å². The molecule has 22 heavy (non-hydrogen) atoms. The van der Waals surface area contributed by atoms with Gasteiger partial charge in [0, 0.05) is 24.4 Å². The van der Waals surface area contributed by atoms with E-state index in [4.69, 9.17) is 10.5 Å². The Kier molecular flexibility index (Phi) is 5.91. The average molecular weight is 305 g/mol. The molecule has 6 heteroatoms. The first-order chi connectivity index (χ1) is 10.6. The van der Waals surface area contributed by atoms with Crippen LogP contribution < -0.4 is 16.4 Å². The van der Waals surface area contributed by atoms with E-state index < -0.39 is 0 Å². The van der Waals surface area contributed by atoms with Gasteiger partial charge < -0.3 is 21.1 Å². The van der Waals surface area contributed by atoms with E-state index >= 15 is 0 Å². The van der Waals surface area contributed by atoms with E-state index in [1.807, 2.05) is 6.92 Å². The van der Waals surface area contributed by atoms with Crippen LogP contribution in [0.25, 0.3) is 0 Å². The van der Waals surface area contributed by atoms with Crippen molar-refractivity contribution in [1.29, 1.82) is 0 Å². The molecular weight excluding hydrogens is 282 g/mol. The van der Waals surface area contributed by atoms with Gasteiger partial charge >= 0.3 is 0 Å². The molecule has 0 radical (unpaired) electrons. The largest absolute Gasteiger partial charge is 0.368 e. The Balaban J connectivity index is 1.94. The third-order valence-corrected chi connectivity index (χ3v) is 3.63. The number of anilines is 1. The van der Waals surface area contributed by atoms with E-state index in [0.29, 0.717) is 30.9 Å². The first-order valence-electron chi connectivity index (χ1n) is 7.61. The lowest BCUT2D eigenvalue weighted by atomic mass is 10.1. The fraction of sp³-hybridized carbons (Fsp3) is 0.500. The van der Waals surface area contributed by atoms with E-state index in [9.17, 15) is 9.59 Å². The number of carbonyl (C=O) groups is 2. The van der Waals surface area contributed by atoms with E-state index in [1.165, 1.54) is 0 Å². The fourth-order valence-corrected chi connectivity index (χ4v) is 2.20. The van der Waals surface area contributed by atoms with Crippen LogP contribution in [0.5, 0.6) is 0 Å². The van der Waals surface area contributed by atoms with Crippen molar-refractivity contribution in [1.82, 2.24) is 5.32 Å². The molecule has 2 atom stereocenters. The number of amides is 2. The molecule has 0 aromatic heterocycles. The molecule has 0 spiro atoms. The highest BCUT2D eigenvalue weighted by molar-refractivity contribution is 5.98. The normalized spacial score (nSPS) is 18.7. The topological polar surface area (TPSA) is 93.5 Å². The fourth-order valence-electron chi connectivity index (χ4n) is 2.20. The van der Waals surface area contributed by atoms with Gasteiger partial charge in [-0.2, -0.15) is 0 Å². The lowest BCUT2D eigenvalue weighted by molar-refractivity contribution is -0.124. The summed E-state index contributed by atoms with van der Waals surface area (Å²) in [6, 6.07) is 6.87. The minimum Gasteiger partial charge on any atom is -0.368 e. The summed E-state index contributed by atoms with van der Waals surface area (Å²) < 4.78 is 5.34. The quantitative estimate of drug-likeness (QED) is 0.734. The molecule has 0 saturated carbocycles. The van der Waals surface area contributed by atoms with E-state index in [-0.39, 0.29) is 23.8 Å². The Hall–Kier alpha value is -1.92. The van der Waals surface area contributed by atoms with Gasteiger partial charge in [0.25, 0.3) is 11.8 Å². The summed E-state index contributed by atoms with van der Waals surface area (Å²) in [4.78, 5) is 24.1. The van der Waals surface area contributed by atoms with Crippen LogP contribution in [0, 0.1) is 5.92 Å². The molecule has 6 nitrogen and oxygen atoms in total. The molecule has 1 aliphatic rings. The molecule has 2 unspecified atom stereocenters. The molecule has 1 saturated heterocycles. The molecule has 1 aromatic rings. The molecule has 0 bridgehead atoms. The van der Waals surface area contributed by atoms with Crippen molar-refractivity contribution in [2.24, 2.45) is 11.7 Å². The average Bonchev–Trinajstić information content (AvgIpc) is 3.07. The van der Waals surface area contributed by atoms with Crippen LogP contribution >= 0.6 is 0 Å². The monoisotopic (exact) mass is 305 g/mol. The van der Waals surface area contributed by atoms with Crippen molar-refractivity contribution in [3.05, 3.63) is 29.8 Å². The lowest BCUT2D eigenvalue weighted by Crippen LogP contribution is -2.31. The Morgan fingerprint density at radius 2 is 2.27 bits per heavy atom. The van der Waals surface area contributed by atoms with Crippen LogP contribution in [-0.2, 0) is 9.53 Å². The van der Waals surface area contributed by atoms with Gasteiger partial charge in [-0.3, -0.25) is 9.59 Å². The van der Waals surface area contributed by atoms with Crippen LogP contribution in [0.3, 0.4) is 0 Å². The van der Waals surface area contributed by atoms with Gasteiger partial charge in [0.15, 0.2) is 0 Å². The highest BCUT2D eigenvalue weighted by Gasteiger charge is 2.23. The highest BCUT2D eigenvalue weighted by Crippen LogP contribution is 2.16. The van der Waals surface area contributed by atoms with Crippen LogP contribution in [-0.4, -0.2) is 37.6 Å². The Bertz CT molecular complexity index is 527. The minimum absolute atomic E-state index is 0.160. The second kappa shape index (κ2) is 7.91. The third-order valence-electron chi connectivity index (χ3n) is 3.63. The molecule has 4 N–H and O–H groups in total. The first-order valence-corrected chi connectivity index (χ1v) is 7.61. The zero-order valence-corrected chi connectivity index (χ0v) is 12.8. The number of hydrogen-bond donors (Lipinski definition) is 3. The Morgan fingerprint density at radius 3 is 2.95 bits per heavy atom. The summed E-state index contributed by atoms with van der Waals surface area (Å²) >= 11 is 0. The first kappa shape index (κ1) is 16.5.